The second-order valence-corrected chi connectivity index (χ2v) is 6.61. The van der Waals surface area contributed by atoms with Crippen molar-refractivity contribution in [3.05, 3.63) is 29.3 Å². The molecule has 1 saturated heterocycles. The molecule has 1 amide bonds. The molecule has 118 valence electrons. The van der Waals surface area contributed by atoms with Crippen LogP contribution in [0.2, 0.25) is 0 Å². The van der Waals surface area contributed by atoms with Crippen LogP contribution in [0.5, 0.6) is 0 Å². The number of nitrogens with one attached hydrogen (secondary N) is 1. The van der Waals surface area contributed by atoms with Crippen LogP contribution in [0.25, 0.3) is 10.6 Å². The Morgan fingerprint density at radius 2 is 2.50 bits per heavy atom. The first kappa shape index (κ1) is 15.2. The van der Waals surface area contributed by atoms with E-state index in [4.69, 9.17) is 4.52 Å². The minimum absolute atomic E-state index is 0.153. The molecule has 1 atom stereocenters. The number of carbonyl (C=O) groups is 1. The van der Waals surface area contributed by atoms with Gasteiger partial charge in [0, 0.05) is 19.2 Å². The number of hydrogen-bond donors (Lipinski definition) is 1. The monoisotopic (exact) mass is 319 g/mol. The predicted molar refractivity (Wildman–Crippen MR) is 87.0 cm³/mol. The zero-order valence-electron chi connectivity index (χ0n) is 12.7. The molecular weight excluding hydrogens is 298 g/mol. The zero-order valence-corrected chi connectivity index (χ0v) is 13.6. The molecule has 0 aromatic carbocycles. The van der Waals surface area contributed by atoms with Crippen molar-refractivity contribution in [2.75, 3.05) is 26.2 Å². The van der Waals surface area contributed by atoms with E-state index in [1.165, 1.54) is 19.4 Å². The van der Waals surface area contributed by atoms with Crippen molar-refractivity contribution < 1.29 is 9.32 Å². The van der Waals surface area contributed by atoms with Crippen molar-refractivity contribution in [3.63, 3.8) is 0 Å². The first-order chi connectivity index (χ1) is 10.8. The molecule has 6 heteroatoms. The van der Waals surface area contributed by atoms with Crippen LogP contribution in [-0.4, -0.2) is 42.1 Å². The molecule has 1 aliphatic rings. The summed E-state index contributed by atoms with van der Waals surface area (Å²) < 4.78 is 5.25. The van der Waals surface area contributed by atoms with Crippen molar-refractivity contribution in [1.82, 2.24) is 15.4 Å². The third-order valence-electron chi connectivity index (χ3n) is 4.11. The first-order valence-electron chi connectivity index (χ1n) is 7.77. The number of hydrogen-bond acceptors (Lipinski definition) is 5. The Kier molecular flexibility index (Phi) is 4.90. The maximum atomic E-state index is 12.2. The summed E-state index contributed by atoms with van der Waals surface area (Å²) >= 11 is 1.57. The van der Waals surface area contributed by atoms with Gasteiger partial charge in [0.25, 0.3) is 5.91 Å². The van der Waals surface area contributed by atoms with Crippen LogP contribution < -0.4 is 5.32 Å². The summed E-state index contributed by atoms with van der Waals surface area (Å²) in [5.74, 6) is 1.02. The largest absolute Gasteiger partial charge is 0.355 e. The van der Waals surface area contributed by atoms with Crippen LogP contribution in [-0.2, 0) is 0 Å². The summed E-state index contributed by atoms with van der Waals surface area (Å²) in [7, 11) is 0. The van der Waals surface area contributed by atoms with E-state index in [9.17, 15) is 4.79 Å². The minimum Gasteiger partial charge on any atom is -0.355 e. The number of amides is 1. The van der Waals surface area contributed by atoms with E-state index in [0.29, 0.717) is 23.9 Å². The number of rotatable bonds is 5. The van der Waals surface area contributed by atoms with Gasteiger partial charge in [0.15, 0.2) is 11.5 Å². The van der Waals surface area contributed by atoms with Crippen LogP contribution >= 0.6 is 11.3 Å². The molecular formula is C16H21N3O2S. The molecule has 2 aromatic heterocycles. The number of carbonyl (C=O) groups excluding carboxylic acids is 1. The van der Waals surface area contributed by atoms with Crippen molar-refractivity contribution in [2.24, 2.45) is 5.92 Å². The summed E-state index contributed by atoms with van der Waals surface area (Å²) in [6, 6.07) is 5.61. The number of piperidine rings is 1. The van der Waals surface area contributed by atoms with Gasteiger partial charge in [-0.2, -0.15) is 0 Å². The molecule has 3 rings (SSSR count). The van der Waals surface area contributed by atoms with E-state index in [1.807, 2.05) is 17.5 Å². The topological polar surface area (TPSA) is 58.4 Å². The second-order valence-electron chi connectivity index (χ2n) is 5.67. The molecule has 5 nitrogen and oxygen atoms in total. The van der Waals surface area contributed by atoms with Gasteiger partial charge in [-0.1, -0.05) is 18.1 Å². The van der Waals surface area contributed by atoms with Gasteiger partial charge >= 0.3 is 0 Å². The number of thiophene rings is 1. The summed E-state index contributed by atoms with van der Waals surface area (Å²) in [5.41, 5.74) is 0.353. The van der Waals surface area contributed by atoms with E-state index in [-0.39, 0.29) is 5.91 Å². The summed E-state index contributed by atoms with van der Waals surface area (Å²) in [6.07, 6.45) is 2.39. The average Bonchev–Trinajstić information content (AvgIpc) is 3.23. The molecule has 0 spiro atoms. The Labute approximate surface area is 134 Å². The molecule has 0 bridgehead atoms. The van der Waals surface area contributed by atoms with Crippen LogP contribution in [0.15, 0.2) is 28.1 Å². The van der Waals surface area contributed by atoms with Crippen LogP contribution in [0.4, 0.5) is 0 Å². The van der Waals surface area contributed by atoms with Gasteiger partial charge in [-0.25, -0.2) is 0 Å². The van der Waals surface area contributed by atoms with Gasteiger partial charge in [0.1, 0.15) is 0 Å². The van der Waals surface area contributed by atoms with E-state index >= 15 is 0 Å². The third kappa shape index (κ3) is 3.56. The molecule has 3 heterocycles. The van der Waals surface area contributed by atoms with E-state index < -0.39 is 0 Å². The highest BCUT2D eigenvalue weighted by Gasteiger charge is 2.20. The lowest BCUT2D eigenvalue weighted by atomic mass is 9.98. The third-order valence-corrected chi connectivity index (χ3v) is 4.99. The van der Waals surface area contributed by atoms with Crippen molar-refractivity contribution in [1.29, 1.82) is 0 Å². The Morgan fingerprint density at radius 1 is 1.59 bits per heavy atom. The molecule has 0 saturated carbocycles. The van der Waals surface area contributed by atoms with Crippen molar-refractivity contribution in [2.45, 2.75) is 19.8 Å². The normalized spacial score (nSPS) is 19.2. The Balaban J connectivity index is 1.54. The molecule has 1 N–H and O–H groups in total. The molecule has 2 aromatic rings. The molecule has 0 radical (unpaired) electrons. The fraction of sp³-hybridized carbons (Fsp3) is 0.500. The fourth-order valence-corrected chi connectivity index (χ4v) is 3.52. The SMILES string of the molecule is CCN1CCC[C@@H](CNC(=O)c2cc(-c3cccs3)on2)C1. The van der Waals surface area contributed by atoms with Crippen molar-refractivity contribution in [3.8, 4) is 10.6 Å². The lowest BCUT2D eigenvalue weighted by Crippen LogP contribution is -2.40. The number of nitrogens with zero attached hydrogens (tertiary/aromatic N) is 2. The summed E-state index contributed by atoms with van der Waals surface area (Å²) in [6.45, 7) is 6.21. The predicted octanol–water partition coefficient (Wildman–Crippen LogP) is 2.86. The van der Waals surface area contributed by atoms with E-state index in [0.717, 1.165) is 18.0 Å². The van der Waals surface area contributed by atoms with Gasteiger partial charge in [-0.3, -0.25) is 4.79 Å². The van der Waals surface area contributed by atoms with Crippen molar-refractivity contribution >= 4 is 17.2 Å². The van der Waals surface area contributed by atoms with Gasteiger partial charge in [-0.15, -0.1) is 11.3 Å². The van der Waals surface area contributed by atoms with Gasteiger partial charge in [-0.05, 0) is 43.3 Å². The molecule has 1 fully saturated rings. The van der Waals surface area contributed by atoms with Crippen LogP contribution in [0.3, 0.4) is 0 Å². The Morgan fingerprint density at radius 3 is 3.27 bits per heavy atom. The Bertz CT molecular complexity index is 609. The quantitative estimate of drug-likeness (QED) is 0.920. The maximum absolute atomic E-state index is 12.2. The van der Waals surface area contributed by atoms with Gasteiger partial charge < -0.3 is 14.7 Å². The number of likely N-dealkylation sites (tertiary alicyclic amines) is 1. The highest BCUT2D eigenvalue weighted by Crippen LogP contribution is 2.25. The first-order valence-corrected chi connectivity index (χ1v) is 8.65. The Hall–Kier alpha value is -1.66. The molecule has 1 aliphatic heterocycles. The summed E-state index contributed by atoms with van der Waals surface area (Å²) in [4.78, 5) is 15.6. The smallest absolute Gasteiger partial charge is 0.273 e. The lowest BCUT2D eigenvalue weighted by Gasteiger charge is -2.31. The fourth-order valence-electron chi connectivity index (χ4n) is 2.85. The van der Waals surface area contributed by atoms with E-state index in [1.54, 1.807) is 17.4 Å². The second kappa shape index (κ2) is 7.07. The lowest BCUT2D eigenvalue weighted by molar-refractivity contribution is 0.0925. The molecule has 0 unspecified atom stereocenters. The van der Waals surface area contributed by atoms with Crippen LogP contribution in [0.1, 0.15) is 30.3 Å². The van der Waals surface area contributed by atoms with Crippen LogP contribution in [0, 0.1) is 5.92 Å². The van der Waals surface area contributed by atoms with E-state index in [2.05, 4.69) is 22.3 Å². The molecule has 22 heavy (non-hydrogen) atoms. The highest BCUT2D eigenvalue weighted by atomic mass is 32.1. The van der Waals surface area contributed by atoms with Gasteiger partial charge in [0.05, 0.1) is 4.88 Å². The highest BCUT2D eigenvalue weighted by molar-refractivity contribution is 7.13. The number of aromatic nitrogens is 1. The zero-order chi connectivity index (χ0) is 15.4. The maximum Gasteiger partial charge on any atom is 0.273 e. The average molecular weight is 319 g/mol. The summed E-state index contributed by atoms with van der Waals surface area (Å²) in [5, 5.41) is 8.84. The van der Waals surface area contributed by atoms with Gasteiger partial charge in [0.2, 0.25) is 0 Å². The standard InChI is InChI=1S/C16H21N3O2S/c1-2-19-7-3-5-12(11-19)10-17-16(20)13-9-14(21-18-13)15-6-4-8-22-15/h4,6,8-9,12H,2-3,5,7,10-11H2,1H3,(H,17,20)/t12-/m0/s1. The molecule has 0 aliphatic carbocycles. The minimum atomic E-state index is -0.153.